The van der Waals surface area contributed by atoms with Gasteiger partial charge in [0.1, 0.15) is 0 Å². The van der Waals surface area contributed by atoms with Crippen molar-refractivity contribution in [2.75, 3.05) is 0 Å². The van der Waals surface area contributed by atoms with Crippen LogP contribution >= 0.6 is 0 Å². The van der Waals surface area contributed by atoms with Gasteiger partial charge in [0, 0.05) is 0 Å². The summed E-state index contributed by atoms with van der Waals surface area (Å²) in [7, 11) is 0. The first-order valence-corrected chi connectivity index (χ1v) is 0. The second-order valence-electron chi connectivity index (χ2n) is 0. The minimum atomic E-state index is 0. The van der Waals surface area contributed by atoms with Crippen LogP contribution in [0.5, 0.6) is 0 Å². The van der Waals surface area contributed by atoms with Crippen LogP contribution in [-0.2, 0) is 21.1 Å². The van der Waals surface area contributed by atoms with Crippen LogP contribution in [0.2, 0.25) is 0 Å². The molecule has 0 aromatic carbocycles. The molecular weight excluding hydrogens is 358 g/mol. The standard InChI is InChI=1S/3CH3.HI.Pt/h3*1H3;1H;/q3*-1;;+4/p-1. The quantitative estimate of drug-likeness (QED) is 0.356. The predicted molar refractivity (Wildman–Crippen MR) is 19.2 cm³/mol. The van der Waals surface area contributed by atoms with E-state index in [0.717, 1.165) is 0 Å². The molecule has 0 amide bonds. The van der Waals surface area contributed by atoms with Crippen molar-refractivity contribution in [2.24, 2.45) is 0 Å². The summed E-state index contributed by atoms with van der Waals surface area (Å²) >= 11 is 0. The molecule has 0 spiro atoms. The Morgan fingerprint density at radius 3 is 0.600 bits per heavy atom. The van der Waals surface area contributed by atoms with Crippen LogP contribution in [0.4, 0.5) is 0 Å². The van der Waals surface area contributed by atoms with E-state index < -0.39 is 0 Å². The van der Waals surface area contributed by atoms with Gasteiger partial charge in [-0.2, -0.15) is 0 Å². The molecule has 0 nitrogen and oxygen atoms in total. The van der Waals surface area contributed by atoms with Gasteiger partial charge in [0.25, 0.3) is 0 Å². The summed E-state index contributed by atoms with van der Waals surface area (Å²) < 4.78 is 0. The Balaban J connectivity index is 0. The summed E-state index contributed by atoms with van der Waals surface area (Å²) in [4.78, 5) is 0. The largest absolute Gasteiger partial charge is 4.00 e. The fourth-order valence-corrected chi connectivity index (χ4v) is 0. The Hall–Kier alpha value is 1.42. The molecule has 0 saturated heterocycles. The summed E-state index contributed by atoms with van der Waals surface area (Å²) in [6.45, 7) is 0. The molecule has 0 aliphatic rings. The van der Waals surface area contributed by atoms with Crippen molar-refractivity contribution >= 4 is 0 Å². The molecule has 0 atom stereocenters. The summed E-state index contributed by atoms with van der Waals surface area (Å²) in [5.74, 6) is 0. The van der Waals surface area contributed by atoms with E-state index in [1.165, 1.54) is 0 Å². The molecule has 38 valence electrons. The maximum absolute atomic E-state index is 0. The topological polar surface area (TPSA) is 0 Å². The van der Waals surface area contributed by atoms with Crippen LogP contribution in [0.25, 0.3) is 0 Å². The van der Waals surface area contributed by atoms with E-state index in [2.05, 4.69) is 0 Å². The summed E-state index contributed by atoms with van der Waals surface area (Å²) in [5.41, 5.74) is 0. The first kappa shape index (κ1) is 93.7. The van der Waals surface area contributed by atoms with Gasteiger partial charge in [-0.25, -0.2) is 0 Å². The number of hydrogen-bond donors (Lipinski definition) is 0. The van der Waals surface area contributed by atoms with E-state index in [1.807, 2.05) is 0 Å². The SMILES string of the molecule is [CH3-].[CH3-].[CH3-].[I-].[Pt+4]. The van der Waals surface area contributed by atoms with Crippen molar-refractivity contribution in [3.05, 3.63) is 22.3 Å². The minimum Gasteiger partial charge on any atom is -1.00 e. The van der Waals surface area contributed by atoms with E-state index in [0.29, 0.717) is 0 Å². The van der Waals surface area contributed by atoms with Gasteiger partial charge in [-0.05, 0) is 0 Å². The molecule has 0 aromatic rings. The van der Waals surface area contributed by atoms with E-state index in [9.17, 15) is 0 Å². The zero-order chi connectivity index (χ0) is 0. The number of halogens is 1. The maximum atomic E-state index is 0. The van der Waals surface area contributed by atoms with Gasteiger partial charge in [-0.15, -0.1) is 0 Å². The minimum absolute atomic E-state index is 0. The van der Waals surface area contributed by atoms with Crippen molar-refractivity contribution in [1.82, 2.24) is 0 Å². The fourth-order valence-electron chi connectivity index (χ4n) is 0. The summed E-state index contributed by atoms with van der Waals surface area (Å²) in [6.07, 6.45) is 0. The van der Waals surface area contributed by atoms with Gasteiger partial charge >= 0.3 is 21.1 Å². The van der Waals surface area contributed by atoms with E-state index >= 15 is 0 Å². The van der Waals surface area contributed by atoms with Gasteiger partial charge in [0.15, 0.2) is 0 Å². The van der Waals surface area contributed by atoms with Crippen molar-refractivity contribution < 1.29 is 45.0 Å². The van der Waals surface area contributed by atoms with Crippen molar-refractivity contribution in [3.8, 4) is 0 Å². The summed E-state index contributed by atoms with van der Waals surface area (Å²) in [6, 6.07) is 0. The van der Waals surface area contributed by atoms with Gasteiger partial charge in [-0.3, -0.25) is 0 Å². The molecule has 2 heteroatoms. The monoisotopic (exact) mass is 367 g/mol. The van der Waals surface area contributed by atoms with Crippen LogP contribution < -0.4 is 24.0 Å². The molecule has 0 radical (unpaired) electrons. The Kier molecular flexibility index (Phi) is 985. The molecule has 0 bridgehead atoms. The van der Waals surface area contributed by atoms with Crippen molar-refractivity contribution in [3.63, 3.8) is 0 Å². The molecule has 0 unspecified atom stereocenters. The first-order chi connectivity index (χ1) is 0. The molecule has 0 saturated carbocycles. The second kappa shape index (κ2) is 52.6. The molecular formula is C3H9IPt. The van der Waals surface area contributed by atoms with E-state index in [4.69, 9.17) is 0 Å². The van der Waals surface area contributed by atoms with Crippen LogP contribution in [0, 0.1) is 22.3 Å². The van der Waals surface area contributed by atoms with Crippen LogP contribution in [0.3, 0.4) is 0 Å². The Bertz CT molecular complexity index is 6.85. The molecule has 0 aliphatic heterocycles. The fraction of sp³-hybridized carbons (Fsp3) is 0. The number of rotatable bonds is 0. The van der Waals surface area contributed by atoms with Gasteiger partial charge in [0.2, 0.25) is 0 Å². The molecule has 0 rings (SSSR count). The second-order valence-corrected chi connectivity index (χ2v) is 0. The average molecular weight is 367 g/mol. The maximum Gasteiger partial charge on any atom is 4.00 e. The van der Waals surface area contributed by atoms with Crippen LogP contribution in [0.1, 0.15) is 0 Å². The van der Waals surface area contributed by atoms with Crippen LogP contribution in [-0.4, -0.2) is 0 Å². The van der Waals surface area contributed by atoms with Crippen molar-refractivity contribution in [2.45, 2.75) is 0 Å². The molecule has 0 aromatic heterocycles. The van der Waals surface area contributed by atoms with Crippen LogP contribution in [0.15, 0.2) is 0 Å². The van der Waals surface area contributed by atoms with E-state index in [1.54, 1.807) is 0 Å². The number of hydrogen-bond acceptors (Lipinski definition) is 0. The van der Waals surface area contributed by atoms with Gasteiger partial charge in [-0.1, -0.05) is 0 Å². The normalized spacial score (nSPS) is 0. The molecule has 0 heterocycles. The first-order valence-electron chi connectivity index (χ1n) is 0. The van der Waals surface area contributed by atoms with Gasteiger partial charge < -0.3 is 46.3 Å². The Morgan fingerprint density at radius 1 is 0.600 bits per heavy atom. The zero-order valence-electron chi connectivity index (χ0n) is 3.69. The third-order valence-electron chi connectivity index (χ3n) is 0. The summed E-state index contributed by atoms with van der Waals surface area (Å²) in [5, 5.41) is 0. The van der Waals surface area contributed by atoms with Gasteiger partial charge in [0.05, 0.1) is 0 Å². The smallest absolute Gasteiger partial charge is 1.00 e. The molecule has 0 N–H and O–H groups in total. The third-order valence-corrected chi connectivity index (χ3v) is 0. The Labute approximate surface area is 67.0 Å². The van der Waals surface area contributed by atoms with Crippen molar-refractivity contribution in [1.29, 1.82) is 0 Å². The predicted octanol–water partition coefficient (Wildman–Crippen LogP) is -1.65. The zero-order valence-corrected chi connectivity index (χ0v) is 8.12. The molecule has 5 heavy (non-hydrogen) atoms. The third kappa shape index (κ3) is 31.5. The average Bonchev–Trinajstić information content (AvgIpc) is 0. The van der Waals surface area contributed by atoms with E-state index in [-0.39, 0.29) is 67.3 Å². The molecule has 0 aliphatic carbocycles. The Morgan fingerprint density at radius 2 is 0.600 bits per heavy atom. The molecule has 0 fully saturated rings.